The van der Waals surface area contributed by atoms with Crippen LogP contribution in [0.4, 0.5) is 22.7 Å². The van der Waals surface area contributed by atoms with Crippen LogP contribution < -0.4 is 41.4 Å². The van der Waals surface area contributed by atoms with Gasteiger partial charge in [0, 0.05) is 70.1 Å². The molecule has 0 heterocycles. The zero-order chi connectivity index (χ0) is 93.3. The van der Waals surface area contributed by atoms with E-state index < -0.39 is 58.2 Å². The standard InChI is InChI=1S/C100H120N6O24S2/c1-115-39-43-119-47-51-123-55-59-127-89-72-90(128-60-56-124-52-48-120-44-40-116-2)88(96(112)102-74-94(110)106-86-68-76(98(114)130-62-58-126-54-50-122-46-42-118-4)66-84(70-86)104-92(108)38-24-64-132-100(80-31-17-8-18-32-80,81-33-19-9-20-34-81)82-35-21-10-22-36-82)71-87(89)95(111)101-73-93(109)105-85-67-75(97(113)129-61-57-125-53-49-121-45-41-117-3)65-83(69-85)103-91(107)37-23-63-131-99(77-25-11-5-12-26-77,78-27-13-6-14-28-78)79-29-15-7-16-30-79/h5-22,25-36,65-72H,23-24,37-64,73-74H2,1-4H3,(H,101,111)(H,102,112)(H,103,107)(H,104,108)(H,105,109)(H,106,110). The summed E-state index contributed by atoms with van der Waals surface area (Å²) < 4.78 is 87.4. The molecule has 0 bridgehead atoms. The summed E-state index contributed by atoms with van der Waals surface area (Å²) in [6.45, 7) is 2.90. The summed E-state index contributed by atoms with van der Waals surface area (Å²) in [6, 6.07) is 72.2. The molecular formula is C100H120N6O24S2. The van der Waals surface area contributed by atoms with Gasteiger partial charge in [0.05, 0.1) is 177 Å². The minimum Gasteiger partial charge on any atom is -0.490 e. The Labute approximate surface area is 779 Å². The number of amides is 6. The summed E-state index contributed by atoms with van der Waals surface area (Å²) in [4.78, 5) is 114. The number of nitrogens with one attached hydrogen (secondary N) is 6. The Balaban J connectivity index is 0.929. The van der Waals surface area contributed by atoms with E-state index in [4.69, 9.17) is 75.8 Å². The molecule has 32 heteroatoms. The van der Waals surface area contributed by atoms with E-state index in [2.05, 4.69) is 105 Å². The predicted molar refractivity (Wildman–Crippen MR) is 506 cm³/mol. The third-order valence-electron chi connectivity index (χ3n) is 19.8. The van der Waals surface area contributed by atoms with E-state index in [-0.39, 0.29) is 187 Å². The Morgan fingerprint density at radius 3 is 0.780 bits per heavy atom. The molecule has 9 aromatic carbocycles. The molecule has 9 rings (SSSR count). The number of hydrogen-bond acceptors (Lipinski definition) is 26. The smallest absolute Gasteiger partial charge is 0.338 e. The fourth-order valence-electron chi connectivity index (χ4n) is 13.6. The fourth-order valence-corrected chi connectivity index (χ4v) is 16.6. The number of rotatable bonds is 66. The van der Waals surface area contributed by atoms with Gasteiger partial charge in [-0.15, -0.1) is 23.5 Å². The molecule has 0 aliphatic carbocycles. The van der Waals surface area contributed by atoms with E-state index in [9.17, 15) is 38.4 Å². The summed E-state index contributed by atoms with van der Waals surface area (Å²) in [5, 5.41) is 16.5. The fraction of sp³-hybridized carbons (Fsp3) is 0.380. The summed E-state index contributed by atoms with van der Waals surface area (Å²) in [5.74, 6) is -4.92. The van der Waals surface area contributed by atoms with E-state index in [1.807, 2.05) is 109 Å². The Bertz CT molecular complexity index is 4430. The van der Waals surface area contributed by atoms with Crippen molar-refractivity contribution in [3.8, 4) is 11.5 Å². The van der Waals surface area contributed by atoms with Crippen LogP contribution in [-0.4, -0.2) is 259 Å². The number of esters is 2. The van der Waals surface area contributed by atoms with Crippen LogP contribution in [0.25, 0.3) is 0 Å². The van der Waals surface area contributed by atoms with Gasteiger partial charge in [-0.05, 0) is 100 Å². The topological polar surface area (TPSA) is 356 Å². The molecule has 0 radical (unpaired) electrons. The second-order valence-electron chi connectivity index (χ2n) is 29.3. The molecule has 9 aromatic rings. The summed E-state index contributed by atoms with van der Waals surface area (Å²) in [7, 11) is 6.25. The molecule has 706 valence electrons. The molecule has 0 fully saturated rings. The van der Waals surface area contributed by atoms with Gasteiger partial charge in [0.2, 0.25) is 23.6 Å². The number of carbonyl (C=O) groups is 8. The molecule has 0 aliphatic heterocycles. The van der Waals surface area contributed by atoms with Crippen molar-refractivity contribution in [2.75, 3.05) is 233 Å². The Kier molecular flexibility index (Phi) is 47.9. The Hall–Kier alpha value is -11.4. The molecule has 132 heavy (non-hydrogen) atoms. The zero-order valence-corrected chi connectivity index (χ0v) is 76.8. The van der Waals surface area contributed by atoms with Gasteiger partial charge in [0.1, 0.15) is 37.9 Å². The van der Waals surface area contributed by atoms with Gasteiger partial charge in [0.15, 0.2) is 0 Å². The van der Waals surface area contributed by atoms with E-state index in [1.165, 1.54) is 48.5 Å². The van der Waals surface area contributed by atoms with Gasteiger partial charge in [-0.25, -0.2) is 9.59 Å². The first-order valence-corrected chi connectivity index (χ1v) is 45.7. The van der Waals surface area contributed by atoms with Gasteiger partial charge < -0.3 is 108 Å². The quantitative estimate of drug-likeness (QED) is 0.0117. The van der Waals surface area contributed by atoms with Crippen LogP contribution in [0.1, 0.15) is 100 Å². The second kappa shape index (κ2) is 60.6. The summed E-state index contributed by atoms with van der Waals surface area (Å²) in [6.07, 6.45) is 1.03. The predicted octanol–water partition coefficient (Wildman–Crippen LogP) is 13.1. The third-order valence-corrected chi connectivity index (χ3v) is 23.1. The van der Waals surface area contributed by atoms with Crippen molar-refractivity contribution < 1.29 is 114 Å². The van der Waals surface area contributed by atoms with Crippen LogP contribution in [0.15, 0.2) is 231 Å². The molecule has 0 unspecified atom stereocenters. The first-order valence-electron chi connectivity index (χ1n) is 43.7. The second-order valence-corrected chi connectivity index (χ2v) is 31.9. The van der Waals surface area contributed by atoms with Gasteiger partial charge >= 0.3 is 11.9 Å². The van der Waals surface area contributed by atoms with Crippen molar-refractivity contribution in [2.24, 2.45) is 0 Å². The molecule has 30 nitrogen and oxygen atoms in total. The minimum atomic E-state index is -0.921. The lowest BCUT2D eigenvalue weighted by atomic mass is 9.84. The minimum absolute atomic E-state index is 0.00321. The van der Waals surface area contributed by atoms with Crippen molar-refractivity contribution in [1.82, 2.24) is 10.6 Å². The van der Waals surface area contributed by atoms with Crippen LogP contribution in [0, 0.1) is 0 Å². The lowest BCUT2D eigenvalue weighted by molar-refractivity contribution is -0.117. The highest BCUT2D eigenvalue weighted by molar-refractivity contribution is 8.00. The highest BCUT2D eigenvalue weighted by atomic mass is 32.2. The number of methoxy groups -OCH3 is 4. The van der Waals surface area contributed by atoms with E-state index in [0.717, 1.165) is 33.4 Å². The molecule has 0 aromatic heterocycles. The number of benzene rings is 9. The van der Waals surface area contributed by atoms with Crippen molar-refractivity contribution in [3.63, 3.8) is 0 Å². The van der Waals surface area contributed by atoms with E-state index in [1.54, 1.807) is 52.0 Å². The van der Waals surface area contributed by atoms with Crippen molar-refractivity contribution in [2.45, 2.75) is 35.2 Å². The van der Waals surface area contributed by atoms with Crippen molar-refractivity contribution in [3.05, 3.63) is 286 Å². The van der Waals surface area contributed by atoms with Gasteiger partial charge in [-0.2, -0.15) is 0 Å². The number of thioether (sulfide) groups is 2. The van der Waals surface area contributed by atoms with E-state index >= 15 is 0 Å². The number of ether oxygens (including phenoxy) is 16. The van der Waals surface area contributed by atoms with Crippen molar-refractivity contribution >= 4 is 93.7 Å². The Morgan fingerprint density at radius 2 is 0.515 bits per heavy atom. The number of carbonyl (C=O) groups excluding carboxylic acids is 8. The molecule has 6 N–H and O–H groups in total. The summed E-state index contributed by atoms with van der Waals surface area (Å²) in [5.41, 5.74) is 6.17. The third kappa shape index (κ3) is 35.6. The largest absolute Gasteiger partial charge is 0.490 e. The SMILES string of the molecule is COCCOCCOCCOC(=O)c1cc(NC(=O)CCCSC(c2ccccc2)(c2ccccc2)c2ccccc2)cc(NC(=O)CNC(=O)c2cc(C(=O)NCC(=O)Nc3cc(NC(=O)CCCSC(c4ccccc4)(c4ccccc4)c4ccccc4)cc(C(=O)OCCOCCOCCOC)c3)c(OCCOCCOCCOC)cc2OCCOCCOCCOC)c1. The molecule has 0 aliphatic rings. The van der Waals surface area contributed by atoms with Crippen LogP contribution >= 0.6 is 23.5 Å². The number of hydrogen-bond donors (Lipinski definition) is 6. The van der Waals surface area contributed by atoms with Crippen LogP contribution in [0.5, 0.6) is 11.5 Å². The zero-order valence-electron chi connectivity index (χ0n) is 75.2. The van der Waals surface area contributed by atoms with Gasteiger partial charge in [-0.3, -0.25) is 28.8 Å². The Morgan fingerprint density at radius 1 is 0.273 bits per heavy atom. The van der Waals surface area contributed by atoms with Crippen LogP contribution in [0.3, 0.4) is 0 Å². The highest BCUT2D eigenvalue weighted by Crippen LogP contribution is 2.50. The summed E-state index contributed by atoms with van der Waals surface area (Å²) >= 11 is 3.42. The highest BCUT2D eigenvalue weighted by Gasteiger charge is 2.39. The maximum absolute atomic E-state index is 14.8. The molecule has 0 spiro atoms. The lowest BCUT2D eigenvalue weighted by Gasteiger charge is -2.35. The van der Waals surface area contributed by atoms with Crippen LogP contribution in [-0.2, 0) is 95.0 Å². The normalized spacial score (nSPS) is 11.3. The first kappa shape index (κ1) is 104. The maximum atomic E-state index is 14.8. The van der Waals surface area contributed by atoms with Crippen LogP contribution in [0.2, 0.25) is 0 Å². The molecule has 6 amide bonds. The maximum Gasteiger partial charge on any atom is 0.338 e. The first-order chi connectivity index (χ1) is 64.7. The molecular weight excluding hydrogens is 1730 g/mol. The van der Waals surface area contributed by atoms with Gasteiger partial charge in [0.25, 0.3) is 11.8 Å². The molecule has 0 atom stereocenters. The van der Waals surface area contributed by atoms with Gasteiger partial charge in [-0.1, -0.05) is 182 Å². The lowest BCUT2D eigenvalue weighted by Crippen LogP contribution is -2.35. The van der Waals surface area contributed by atoms with Crippen molar-refractivity contribution in [1.29, 1.82) is 0 Å². The monoisotopic (exact) mass is 1850 g/mol. The molecule has 0 saturated carbocycles. The average molecular weight is 1850 g/mol. The molecule has 0 saturated heterocycles. The van der Waals surface area contributed by atoms with E-state index in [0.29, 0.717) is 77.2 Å². The number of anilines is 4. The average Bonchev–Trinajstić information content (AvgIpc) is 0.760.